The van der Waals surface area contributed by atoms with Gasteiger partial charge in [0.1, 0.15) is 6.04 Å². The van der Waals surface area contributed by atoms with Crippen molar-refractivity contribution in [2.75, 3.05) is 13.1 Å². The van der Waals surface area contributed by atoms with Crippen LogP contribution in [0.2, 0.25) is 0 Å². The molecule has 0 aromatic rings. The summed E-state index contributed by atoms with van der Waals surface area (Å²) in [5.74, 6) is 0.384. The summed E-state index contributed by atoms with van der Waals surface area (Å²) >= 11 is 0. The maximum absolute atomic E-state index is 12.1. The van der Waals surface area contributed by atoms with Gasteiger partial charge < -0.3 is 16.0 Å². The normalized spacial score (nSPS) is 42.0. The van der Waals surface area contributed by atoms with Crippen LogP contribution in [0.5, 0.6) is 0 Å². The molecule has 0 radical (unpaired) electrons. The van der Waals surface area contributed by atoms with Gasteiger partial charge in [0.25, 0.3) is 0 Å². The smallest absolute Gasteiger partial charge is 0.240 e. The first kappa shape index (κ1) is 9.15. The third-order valence-electron chi connectivity index (χ3n) is 4.06. The van der Waals surface area contributed by atoms with Crippen LogP contribution in [0.4, 0.5) is 0 Å². The SMILES string of the molecule is NC(=O)C1CCN1C(=O)[C@H]1[C@H]2CN[C@@H]1C2. The number of rotatable bonds is 2. The molecule has 3 saturated heterocycles. The molecule has 4 aliphatic rings. The van der Waals surface area contributed by atoms with Crippen molar-refractivity contribution in [3.63, 3.8) is 0 Å². The molecule has 3 aliphatic heterocycles. The van der Waals surface area contributed by atoms with Crippen molar-refractivity contribution >= 4 is 11.8 Å². The molecule has 4 rings (SSSR count). The van der Waals surface area contributed by atoms with Gasteiger partial charge in [-0.2, -0.15) is 0 Å². The van der Waals surface area contributed by atoms with E-state index >= 15 is 0 Å². The summed E-state index contributed by atoms with van der Waals surface area (Å²) in [5, 5.41) is 3.31. The quantitative estimate of drug-likeness (QED) is 0.592. The Kier molecular flexibility index (Phi) is 1.80. The van der Waals surface area contributed by atoms with Crippen molar-refractivity contribution < 1.29 is 9.59 Å². The highest BCUT2D eigenvalue weighted by Gasteiger charge is 2.53. The van der Waals surface area contributed by atoms with Gasteiger partial charge in [-0.15, -0.1) is 0 Å². The molecule has 0 spiro atoms. The number of amides is 2. The van der Waals surface area contributed by atoms with E-state index in [-0.39, 0.29) is 23.8 Å². The van der Waals surface area contributed by atoms with E-state index in [4.69, 9.17) is 5.73 Å². The second-order valence-corrected chi connectivity index (χ2v) is 4.77. The second kappa shape index (κ2) is 2.95. The van der Waals surface area contributed by atoms with Gasteiger partial charge in [-0.1, -0.05) is 0 Å². The molecule has 4 fully saturated rings. The van der Waals surface area contributed by atoms with Crippen molar-refractivity contribution in [3.8, 4) is 0 Å². The van der Waals surface area contributed by atoms with E-state index in [2.05, 4.69) is 5.32 Å². The predicted molar refractivity (Wildman–Crippen MR) is 52.7 cm³/mol. The molecule has 3 heterocycles. The first-order valence-electron chi connectivity index (χ1n) is 5.51. The molecule has 4 atom stereocenters. The minimum Gasteiger partial charge on any atom is -0.368 e. The third-order valence-corrected chi connectivity index (χ3v) is 4.06. The third kappa shape index (κ3) is 1.13. The minimum absolute atomic E-state index is 0.118. The Labute approximate surface area is 88.0 Å². The van der Waals surface area contributed by atoms with Crippen LogP contribution in [0.3, 0.4) is 0 Å². The first-order chi connectivity index (χ1) is 7.18. The fraction of sp³-hybridized carbons (Fsp3) is 0.800. The van der Waals surface area contributed by atoms with Crippen LogP contribution in [-0.4, -0.2) is 41.9 Å². The number of fused-ring (bicyclic) bond motifs is 1. The van der Waals surface area contributed by atoms with Crippen molar-refractivity contribution in [3.05, 3.63) is 0 Å². The predicted octanol–water partition coefficient (Wildman–Crippen LogP) is -1.32. The van der Waals surface area contributed by atoms with Gasteiger partial charge in [-0.05, 0) is 25.3 Å². The zero-order valence-corrected chi connectivity index (χ0v) is 8.48. The van der Waals surface area contributed by atoms with Gasteiger partial charge >= 0.3 is 0 Å². The molecule has 2 bridgehead atoms. The Hall–Kier alpha value is -1.10. The van der Waals surface area contributed by atoms with Crippen molar-refractivity contribution in [1.29, 1.82) is 0 Å². The number of nitrogens with two attached hydrogens (primary N) is 1. The van der Waals surface area contributed by atoms with Crippen LogP contribution in [0.25, 0.3) is 0 Å². The van der Waals surface area contributed by atoms with Gasteiger partial charge in [0.15, 0.2) is 0 Å². The number of primary amides is 1. The number of carbonyl (C=O) groups is 2. The Balaban J connectivity index is 1.68. The van der Waals surface area contributed by atoms with Crippen LogP contribution in [0.1, 0.15) is 12.8 Å². The minimum atomic E-state index is -0.366. The number of hydrogen-bond acceptors (Lipinski definition) is 3. The Morgan fingerprint density at radius 1 is 1.40 bits per heavy atom. The topological polar surface area (TPSA) is 75.4 Å². The fourth-order valence-electron chi connectivity index (χ4n) is 2.99. The molecule has 5 heteroatoms. The summed E-state index contributed by atoms with van der Waals surface area (Å²) < 4.78 is 0. The lowest BCUT2D eigenvalue weighted by atomic mass is 9.72. The monoisotopic (exact) mass is 209 g/mol. The summed E-state index contributed by atoms with van der Waals surface area (Å²) in [6.45, 7) is 1.65. The molecule has 3 N–H and O–H groups in total. The summed E-state index contributed by atoms with van der Waals surface area (Å²) in [5.41, 5.74) is 5.22. The second-order valence-electron chi connectivity index (χ2n) is 4.77. The van der Waals surface area contributed by atoms with Crippen LogP contribution < -0.4 is 11.1 Å². The molecular formula is C10H15N3O2. The number of hydrogen-bond donors (Lipinski definition) is 2. The molecule has 1 unspecified atom stereocenters. The highest BCUT2D eigenvalue weighted by molar-refractivity contribution is 5.90. The number of carbonyl (C=O) groups excluding carboxylic acids is 2. The Morgan fingerprint density at radius 2 is 2.20 bits per heavy atom. The van der Waals surface area contributed by atoms with Crippen LogP contribution in [0.15, 0.2) is 0 Å². The van der Waals surface area contributed by atoms with Crippen LogP contribution >= 0.6 is 0 Å². The Bertz CT molecular complexity index is 317. The fourth-order valence-corrected chi connectivity index (χ4v) is 2.99. The summed E-state index contributed by atoms with van der Waals surface area (Å²) in [6, 6.07) is 0.0223. The average Bonchev–Trinajstić information content (AvgIpc) is 2.58. The highest BCUT2D eigenvalue weighted by atomic mass is 16.2. The van der Waals surface area contributed by atoms with E-state index in [9.17, 15) is 9.59 Å². The summed E-state index contributed by atoms with van der Waals surface area (Å²) in [4.78, 5) is 24.7. The molecule has 15 heavy (non-hydrogen) atoms. The molecule has 82 valence electrons. The van der Waals surface area contributed by atoms with E-state index in [0.717, 1.165) is 19.4 Å². The van der Waals surface area contributed by atoms with E-state index in [1.807, 2.05) is 0 Å². The van der Waals surface area contributed by atoms with E-state index in [0.29, 0.717) is 18.5 Å². The molecular weight excluding hydrogens is 194 g/mol. The van der Waals surface area contributed by atoms with E-state index in [1.54, 1.807) is 4.90 Å². The van der Waals surface area contributed by atoms with Gasteiger partial charge in [0.2, 0.25) is 11.8 Å². The van der Waals surface area contributed by atoms with Gasteiger partial charge in [-0.25, -0.2) is 0 Å². The van der Waals surface area contributed by atoms with Gasteiger partial charge in [0.05, 0.1) is 5.92 Å². The van der Waals surface area contributed by atoms with Crippen LogP contribution in [0, 0.1) is 11.8 Å². The standard InChI is InChI=1S/C10H15N3O2/c11-9(14)7-1-2-13(7)10(15)8-5-3-6(8)12-4-5/h5-8,12H,1-4H2,(H2,11,14)/t5-,6-,7?,8+/m1/s1. The van der Waals surface area contributed by atoms with Crippen molar-refractivity contribution in [1.82, 2.24) is 10.2 Å². The summed E-state index contributed by atoms with van der Waals surface area (Å²) in [7, 11) is 0. The average molecular weight is 209 g/mol. The zero-order chi connectivity index (χ0) is 10.6. The molecule has 0 aromatic carbocycles. The van der Waals surface area contributed by atoms with Gasteiger partial charge in [0, 0.05) is 12.6 Å². The van der Waals surface area contributed by atoms with Crippen molar-refractivity contribution in [2.45, 2.75) is 24.9 Å². The van der Waals surface area contributed by atoms with E-state index in [1.165, 1.54) is 0 Å². The molecule has 2 amide bonds. The molecule has 0 aromatic heterocycles. The van der Waals surface area contributed by atoms with Gasteiger partial charge in [-0.3, -0.25) is 9.59 Å². The molecule has 1 aliphatic carbocycles. The lowest BCUT2D eigenvalue weighted by molar-refractivity contribution is -0.153. The largest absolute Gasteiger partial charge is 0.368 e. The Morgan fingerprint density at radius 3 is 2.60 bits per heavy atom. The zero-order valence-electron chi connectivity index (χ0n) is 8.48. The molecule has 5 nitrogen and oxygen atoms in total. The lowest BCUT2D eigenvalue weighted by Gasteiger charge is -2.44. The lowest BCUT2D eigenvalue weighted by Crippen LogP contribution is -2.61. The highest BCUT2D eigenvalue weighted by Crippen LogP contribution is 2.42. The van der Waals surface area contributed by atoms with Crippen LogP contribution in [-0.2, 0) is 9.59 Å². The maximum Gasteiger partial charge on any atom is 0.240 e. The first-order valence-corrected chi connectivity index (χ1v) is 5.51. The number of nitrogens with one attached hydrogen (secondary N) is 1. The number of likely N-dealkylation sites (tertiary alicyclic amines) is 1. The van der Waals surface area contributed by atoms with E-state index < -0.39 is 0 Å². The number of nitrogens with zero attached hydrogens (tertiary/aromatic N) is 1. The van der Waals surface area contributed by atoms with Crippen molar-refractivity contribution in [2.24, 2.45) is 17.6 Å². The molecule has 1 saturated carbocycles. The maximum atomic E-state index is 12.1. The summed E-state index contributed by atoms with van der Waals surface area (Å²) in [6.07, 6.45) is 1.85.